The zero-order valence-corrected chi connectivity index (χ0v) is 8.23. The highest BCUT2D eigenvalue weighted by molar-refractivity contribution is 5.35. The fourth-order valence-corrected chi connectivity index (χ4v) is 1.03. The summed E-state index contributed by atoms with van der Waals surface area (Å²) in [4.78, 5) is 0. The number of nitrogen functional groups attached to an aromatic ring is 1. The second-order valence-corrected chi connectivity index (χ2v) is 2.98. The molecule has 5 heteroatoms. The van der Waals surface area contributed by atoms with E-state index in [9.17, 15) is 0 Å². The molecule has 0 aliphatic heterocycles. The van der Waals surface area contributed by atoms with Crippen LogP contribution in [-0.4, -0.2) is 23.0 Å². The molecule has 0 spiro atoms. The predicted molar refractivity (Wildman–Crippen MR) is 52.4 cm³/mol. The lowest BCUT2D eigenvalue weighted by molar-refractivity contribution is 0.129. The Hall–Kier alpha value is -1.54. The maximum absolute atomic E-state index is 8.26. The number of aromatic nitrogens is 2. The largest absolute Gasteiger partial charge is 0.382 e. The van der Waals surface area contributed by atoms with E-state index in [4.69, 9.17) is 15.7 Å². The van der Waals surface area contributed by atoms with Crippen LogP contribution < -0.4 is 5.73 Å². The minimum atomic E-state index is 0.431. The predicted octanol–water partition coefficient (Wildman–Crippen LogP) is 0.704. The number of nitriles is 1. The lowest BCUT2D eigenvalue weighted by Crippen LogP contribution is -2.07. The molecular formula is C9H14N4O. The standard InChI is InChI=1S/C9H14N4O/c1-8-7-13(12-9(8)11)4-6-14-5-2-3-10/h7H,2,4-6H2,1H3,(H2,11,12). The van der Waals surface area contributed by atoms with Crippen molar-refractivity contribution >= 4 is 5.82 Å². The van der Waals surface area contributed by atoms with Gasteiger partial charge in [0.25, 0.3) is 0 Å². The van der Waals surface area contributed by atoms with E-state index in [0.29, 0.717) is 32.0 Å². The minimum Gasteiger partial charge on any atom is -0.382 e. The number of hydrogen-bond acceptors (Lipinski definition) is 4. The molecule has 2 N–H and O–H groups in total. The van der Waals surface area contributed by atoms with Crippen molar-refractivity contribution in [1.29, 1.82) is 5.26 Å². The van der Waals surface area contributed by atoms with Crippen LogP contribution in [0.2, 0.25) is 0 Å². The molecule has 0 aromatic carbocycles. The molecule has 14 heavy (non-hydrogen) atoms. The van der Waals surface area contributed by atoms with Gasteiger partial charge in [-0.1, -0.05) is 0 Å². The third-order valence-electron chi connectivity index (χ3n) is 1.81. The number of aryl methyl sites for hydroxylation is 1. The first-order valence-electron chi connectivity index (χ1n) is 4.48. The van der Waals surface area contributed by atoms with Crippen LogP contribution in [-0.2, 0) is 11.3 Å². The van der Waals surface area contributed by atoms with Gasteiger partial charge in [-0.25, -0.2) is 0 Å². The second-order valence-electron chi connectivity index (χ2n) is 2.98. The smallest absolute Gasteiger partial charge is 0.148 e. The molecule has 0 bridgehead atoms. The Kier molecular flexibility index (Phi) is 3.95. The number of nitrogens with two attached hydrogens (primary N) is 1. The van der Waals surface area contributed by atoms with Gasteiger partial charge in [-0.3, -0.25) is 4.68 Å². The van der Waals surface area contributed by atoms with Crippen molar-refractivity contribution in [1.82, 2.24) is 9.78 Å². The van der Waals surface area contributed by atoms with Gasteiger partial charge in [0, 0.05) is 11.8 Å². The van der Waals surface area contributed by atoms with Gasteiger partial charge < -0.3 is 10.5 Å². The van der Waals surface area contributed by atoms with Crippen molar-refractivity contribution in [3.8, 4) is 6.07 Å². The molecule has 0 aliphatic rings. The SMILES string of the molecule is Cc1cn(CCOCCC#N)nc1N. The van der Waals surface area contributed by atoms with Gasteiger partial charge in [0.1, 0.15) is 5.82 Å². The molecule has 0 atom stereocenters. The molecule has 0 aliphatic carbocycles. The molecule has 0 unspecified atom stereocenters. The Morgan fingerprint density at radius 2 is 2.43 bits per heavy atom. The number of anilines is 1. The number of nitrogens with zero attached hydrogens (tertiary/aromatic N) is 3. The highest BCUT2D eigenvalue weighted by Crippen LogP contribution is 2.05. The van der Waals surface area contributed by atoms with E-state index in [2.05, 4.69) is 5.10 Å². The molecule has 0 saturated carbocycles. The molecule has 1 aromatic rings. The van der Waals surface area contributed by atoms with Gasteiger partial charge in [-0.2, -0.15) is 10.4 Å². The van der Waals surface area contributed by atoms with Crippen molar-refractivity contribution < 1.29 is 4.74 Å². The summed E-state index contributed by atoms with van der Waals surface area (Å²) in [5, 5.41) is 12.3. The first kappa shape index (κ1) is 10.5. The number of rotatable bonds is 5. The Bertz CT molecular complexity index is 307. The summed E-state index contributed by atoms with van der Waals surface area (Å²) < 4.78 is 6.95. The third kappa shape index (κ3) is 3.07. The summed E-state index contributed by atoms with van der Waals surface area (Å²) in [6.07, 6.45) is 2.31. The van der Waals surface area contributed by atoms with Gasteiger partial charge in [0.2, 0.25) is 0 Å². The molecule has 76 valence electrons. The Morgan fingerprint density at radius 1 is 1.64 bits per heavy atom. The Morgan fingerprint density at radius 3 is 3.00 bits per heavy atom. The van der Waals surface area contributed by atoms with E-state index in [-0.39, 0.29) is 0 Å². The topological polar surface area (TPSA) is 76.9 Å². The molecule has 1 rings (SSSR count). The molecule has 1 heterocycles. The zero-order valence-electron chi connectivity index (χ0n) is 8.23. The molecule has 0 radical (unpaired) electrons. The van der Waals surface area contributed by atoms with Gasteiger partial charge in [-0.15, -0.1) is 0 Å². The van der Waals surface area contributed by atoms with Gasteiger partial charge >= 0.3 is 0 Å². The van der Waals surface area contributed by atoms with Crippen LogP contribution in [0, 0.1) is 18.3 Å². The van der Waals surface area contributed by atoms with E-state index in [1.54, 1.807) is 4.68 Å². The summed E-state index contributed by atoms with van der Waals surface area (Å²) in [5.74, 6) is 0.557. The van der Waals surface area contributed by atoms with Crippen molar-refractivity contribution in [3.63, 3.8) is 0 Å². The van der Waals surface area contributed by atoms with Crippen LogP contribution in [0.1, 0.15) is 12.0 Å². The third-order valence-corrected chi connectivity index (χ3v) is 1.81. The molecule has 0 fully saturated rings. The highest BCUT2D eigenvalue weighted by Gasteiger charge is 1.99. The highest BCUT2D eigenvalue weighted by atomic mass is 16.5. The van der Waals surface area contributed by atoms with Crippen LogP contribution in [0.25, 0.3) is 0 Å². The first-order valence-corrected chi connectivity index (χ1v) is 4.48. The average molecular weight is 194 g/mol. The molecular weight excluding hydrogens is 180 g/mol. The van der Waals surface area contributed by atoms with Crippen molar-refractivity contribution in [3.05, 3.63) is 11.8 Å². The maximum Gasteiger partial charge on any atom is 0.148 e. The van der Waals surface area contributed by atoms with Crippen LogP contribution in [0.15, 0.2) is 6.20 Å². The summed E-state index contributed by atoms with van der Waals surface area (Å²) in [7, 11) is 0. The molecule has 0 amide bonds. The van der Waals surface area contributed by atoms with Gasteiger partial charge in [0.15, 0.2) is 0 Å². The number of ether oxygens (including phenoxy) is 1. The van der Waals surface area contributed by atoms with E-state index in [0.717, 1.165) is 5.56 Å². The van der Waals surface area contributed by atoms with Crippen molar-refractivity contribution in [2.75, 3.05) is 18.9 Å². The summed E-state index contributed by atoms with van der Waals surface area (Å²) >= 11 is 0. The van der Waals surface area contributed by atoms with E-state index in [1.165, 1.54) is 0 Å². The number of hydrogen-bond donors (Lipinski definition) is 1. The van der Waals surface area contributed by atoms with Crippen LogP contribution in [0.4, 0.5) is 5.82 Å². The second kappa shape index (κ2) is 5.25. The van der Waals surface area contributed by atoms with E-state index >= 15 is 0 Å². The average Bonchev–Trinajstić information content (AvgIpc) is 2.46. The summed E-state index contributed by atoms with van der Waals surface area (Å²) in [6.45, 7) is 3.62. The van der Waals surface area contributed by atoms with Crippen molar-refractivity contribution in [2.45, 2.75) is 19.9 Å². The first-order chi connectivity index (χ1) is 6.74. The molecule has 0 saturated heterocycles. The Balaban J connectivity index is 2.22. The van der Waals surface area contributed by atoms with E-state index in [1.807, 2.05) is 19.2 Å². The normalized spacial score (nSPS) is 10.0. The van der Waals surface area contributed by atoms with Gasteiger partial charge in [0.05, 0.1) is 32.2 Å². The fraction of sp³-hybridized carbons (Fsp3) is 0.556. The summed E-state index contributed by atoms with van der Waals surface area (Å²) in [6, 6.07) is 2.01. The maximum atomic E-state index is 8.26. The van der Waals surface area contributed by atoms with Crippen LogP contribution >= 0.6 is 0 Å². The van der Waals surface area contributed by atoms with Crippen molar-refractivity contribution in [2.24, 2.45) is 0 Å². The minimum absolute atomic E-state index is 0.431. The quantitative estimate of drug-likeness (QED) is 0.700. The zero-order chi connectivity index (χ0) is 10.4. The Labute approximate surface area is 83.1 Å². The fourth-order valence-electron chi connectivity index (χ4n) is 1.03. The van der Waals surface area contributed by atoms with E-state index < -0.39 is 0 Å². The molecule has 1 aromatic heterocycles. The van der Waals surface area contributed by atoms with Crippen LogP contribution in [0.5, 0.6) is 0 Å². The van der Waals surface area contributed by atoms with Gasteiger partial charge in [-0.05, 0) is 6.92 Å². The summed E-state index contributed by atoms with van der Waals surface area (Å²) in [5.41, 5.74) is 6.55. The molecule has 5 nitrogen and oxygen atoms in total. The monoisotopic (exact) mass is 194 g/mol. The lowest BCUT2D eigenvalue weighted by Gasteiger charge is -2.01. The lowest BCUT2D eigenvalue weighted by atomic mass is 10.4. The van der Waals surface area contributed by atoms with Crippen LogP contribution in [0.3, 0.4) is 0 Å².